The first-order valence-electron chi connectivity index (χ1n) is 7.23. The number of carbonyl (C=O) groups is 1. The molecule has 1 amide bonds. The van der Waals surface area contributed by atoms with Crippen LogP contribution in [-0.2, 0) is 0 Å². The van der Waals surface area contributed by atoms with Gasteiger partial charge in [0.2, 0.25) is 0 Å². The van der Waals surface area contributed by atoms with Crippen LogP contribution in [0, 0.1) is 19.8 Å². The Bertz CT molecular complexity index is 462. The van der Waals surface area contributed by atoms with Crippen molar-refractivity contribution in [2.45, 2.75) is 46.0 Å². The number of anilines is 1. The number of rotatable bonds is 3. The predicted octanol–water partition coefficient (Wildman–Crippen LogP) is 3.20. The fraction of sp³-hybridized carbons (Fsp3) is 0.562. The maximum Gasteiger partial charge on any atom is 0.251 e. The Balaban J connectivity index is 1.97. The van der Waals surface area contributed by atoms with E-state index >= 15 is 0 Å². The van der Waals surface area contributed by atoms with Crippen molar-refractivity contribution in [3.05, 3.63) is 28.8 Å². The standard InChI is InChI=1S/C16H24N2O/c1-11-8-12(2)15(17)9-14(11)16(19)18-10-13-6-4-3-5-7-13/h8-9,13H,3-7,10,17H2,1-2H3,(H,18,19). The van der Waals surface area contributed by atoms with E-state index in [1.54, 1.807) is 6.07 Å². The summed E-state index contributed by atoms with van der Waals surface area (Å²) in [4.78, 5) is 12.2. The summed E-state index contributed by atoms with van der Waals surface area (Å²) in [7, 11) is 0. The molecular weight excluding hydrogens is 236 g/mol. The highest BCUT2D eigenvalue weighted by Gasteiger charge is 2.16. The van der Waals surface area contributed by atoms with Gasteiger partial charge in [-0.2, -0.15) is 0 Å². The second-order valence-corrected chi connectivity index (χ2v) is 5.74. The molecule has 3 heteroatoms. The number of carbonyl (C=O) groups excluding carboxylic acids is 1. The molecule has 1 aromatic carbocycles. The fourth-order valence-electron chi connectivity index (χ4n) is 2.84. The highest BCUT2D eigenvalue weighted by atomic mass is 16.1. The molecule has 0 heterocycles. The average Bonchev–Trinajstić information content (AvgIpc) is 2.41. The zero-order chi connectivity index (χ0) is 13.8. The van der Waals surface area contributed by atoms with Crippen molar-refractivity contribution in [2.24, 2.45) is 5.92 Å². The number of hydrogen-bond donors (Lipinski definition) is 2. The molecule has 2 rings (SSSR count). The van der Waals surface area contributed by atoms with Gasteiger partial charge in [0.05, 0.1) is 0 Å². The van der Waals surface area contributed by atoms with Crippen molar-refractivity contribution >= 4 is 11.6 Å². The first-order valence-corrected chi connectivity index (χ1v) is 7.23. The number of amides is 1. The Morgan fingerprint density at radius 1 is 1.21 bits per heavy atom. The third-order valence-electron chi connectivity index (χ3n) is 4.13. The summed E-state index contributed by atoms with van der Waals surface area (Å²) in [6.45, 7) is 4.72. The molecule has 0 bridgehead atoms. The SMILES string of the molecule is Cc1cc(C)c(C(=O)NCC2CCCCC2)cc1N. The number of aryl methyl sites for hydroxylation is 2. The summed E-state index contributed by atoms with van der Waals surface area (Å²) in [6, 6.07) is 3.77. The Hall–Kier alpha value is -1.51. The van der Waals surface area contributed by atoms with Crippen LogP contribution in [0.5, 0.6) is 0 Å². The number of benzene rings is 1. The average molecular weight is 260 g/mol. The molecule has 0 spiro atoms. The summed E-state index contributed by atoms with van der Waals surface area (Å²) >= 11 is 0. The lowest BCUT2D eigenvalue weighted by molar-refractivity contribution is 0.0943. The molecule has 0 aliphatic heterocycles. The lowest BCUT2D eigenvalue weighted by atomic mass is 9.89. The Morgan fingerprint density at radius 2 is 1.89 bits per heavy atom. The Labute approximate surface area is 115 Å². The number of nitrogens with two attached hydrogens (primary N) is 1. The smallest absolute Gasteiger partial charge is 0.251 e. The topological polar surface area (TPSA) is 55.1 Å². The zero-order valence-corrected chi connectivity index (χ0v) is 12.0. The minimum atomic E-state index is 0.00905. The van der Waals surface area contributed by atoms with Gasteiger partial charge in [-0.3, -0.25) is 4.79 Å². The van der Waals surface area contributed by atoms with E-state index in [2.05, 4.69) is 5.32 Å². The quantitative estimate of drug-likeness (QED) is 0.820. The molecule has 104 valence electrons. The van der Waals surface area contributed by atoms with Crippen LogP contribution in [0.1, 0.15) is 53.6 Å². The molecule has 0 saturated heterocycles. The van der Waals surface area contributed by atoms with Crippen molar-refractivity contribution < 1.29 is 4.79 Å². The summed E-state index contributed by atoms with van der Waals surface area (Å²) in [5, 5.41) is 3.06. The molecule has 1 aliphatic carbocycles. The van der Waals surface area contributed by atoms with Crippen LogP contribution in [0.2, 0.25) is 0 Å². The van der Waals surface area contributed by atoms with Crippen molar-refractivity contribution in [3.63, 3.8) is 0 Å². The first-order chi connectivity index (χ1) is 9.08. The summed E-state index contributed by atoms with van der Waals surface area (Å²) in [6.07, 6.45) is 6.44. The van der Waals surface area contributed by atoms with Gasteiger partial charge in [-0.25, -0.2) is 0 Å². The first kappa shape index (κ1) is 13.9. The van der Waals surface area contributed by atoms with Gasteiger partial charge >= 0.3 is 0 Å². The second-order valence-electron chi connectivity index (χ2n) is 5.74. The van der Waals surface area contributed by atoms with Crippen LogP contribution >= 0.6 is 0 Å². The van der Waals surface area contributed by atoms with Crippen molar-refractivity contribution in [2.75, 3.05) is 12.3 Å². The molecule has 0 aromatic heterocycles. The Kier molecular flexibility index (Phi) is 4.46. The highest BCUT2D eigenvalue weighted by Crippen LogP contribution is 2.23. The molecule has 0 unspecified atom stereocenters. The van der Waals surface area contributed by atoms with Gasteiger partial charge in [-0.1, -0.05) is 25.3 Å². The molecule has 1 fully saturated rings. The van der Waals surface area contributed by atoms with Crippen LogP contribution in [-0.4, -0.2) is 12.5 Å². The monoisotopic (exact) mass is 260 g/mol. The van der Waals surface area contributed by atoms with Gasteiger partial charge in [-0.15, -0.1) is 0 Å². The van der Waals surface area contributed by atoms with Gasteiger partial charge in [0.25, 0.3) is 5.91 Å². The number of nitrogens with one attached hydrogen (secondary N) is 1. The van der Waals surface area contributed by atoms with Crippen molar-refractivity contribution in [1.82, 2.24) is 5.32 Å². The summed E-state index contributed by atoms with van der Waals surface area (Å²) in [5.74, 6) is 0.663. The fourth-order valence-corrected chi connectivity index (χ4v) is 2.84. The molecule has 1 aliphatic rings. The van der Waals surface area contributed by atoms with Crippen LogP contribution in [0.4, 0.5) is 5.69 Å². The van der Waals surface area contributed by atoms with E-state index < -0.39 is 0 Å². The number of nitrogen functional groups attached to an aromatic ring is 1. The molecule has 1 saturated carbocycles. The number of hydrogen-bond acceptors (Lipinski definition) is 2. The maximum atomic E-state index is 12.2. The molecular formula is C16H24N2O. The maximum absolute atomic E-state index is 12.2. The molecule has 3 N–H and O–H groups in total. The molecule has 0 atom stereocenters. The van der Waals surface area contributed by atoms with Gasteiger partial charge in [0, 0.05) is 17.8 Å². The van der Waals surface area contributed by atoms with E-state index in [9.17, 15) is 4.79 Å². The summed E-state index contributed by atoms with van der Waals surface area (Å²) in [5.41, 5.74) is 9.30. The largest absolute Gasteiger partial charge is 0.398 e. The molecule has 0 radical (unpaired) electrons. The normalized spacial score (nSPS) is 16.3. The van der Waals surface area contributed by atoms with E-state index in [0.717, 1.165) is 17.7 Å². The van der Waals surface area contributed by atoms with E-state index in [4.69, 9.17) is 5.73 Å². The van der Waals surface area contributed by atoms with Crippen LogP contribution < -0.4 is 11.1 Å². The van der Waals surface area contributed by atoms with Crippen LogP contribution in [0.15, 0.2) is 12.1 Å². The van der Waals surface area contributed by atoms with E-state index in [1.165, 1.54) is 32.1 Å². The van der Waals surface area contributed by atoms with Crippen LogP contribution in [0.25, 0.3) is 0 Å². The second kappa shape index (κ2) is 6.09. The van der Waals surface area contributed by atoms with E-state index in [1.807, 2.05) is 19.9 Å². The van der Waals surface area contributed by atoms with Crippen molar-refractivity contribution in [1.29, 1.82) is 0 Å². The van der Waals surface area contributed by atoms with E-state index in [-0.39, 0.29) is 5.91 Å². The molecule has 1 aromatic rings. The third kappa shape index (κ3) is 3.49. The lowest BCUT2D eigenvalue weighted by Crippen LogP contribution is -2.30. The van der Waals surface area contributed by atoms with Crippen molar-refractivity contribution in [3.8, 4) is 0 Å². The summed E-state index contributed by atoms with van der Waals surface area (Å²) < 4.78 is 0. The Morgan fingerprint density at radius 3 is 2.58 bits per heavy atom. The highest BCUT2D eigenvalue weighted by molar-refractivity contribution is 5.96. The molecule has 19 heavy (non-hydrogen) atoms. The van der Waals surface area contributed by atoms with Gasteiger partial charge in [0.15, 0.2) is 0 Å². The zero-order valence-electron chi connectivity index (χ0n) is 12.0. The lowest BCUT2D eigenvalue weighted by Gasteiger charge is -2.22. The molecule has 3 nitrogen and oxygen atoms in total. The van der Waals surface area contributed by atoms with Gasteiger partial charge in [0.1, 0.15) is 0 Å². The third-order valence-corrected chi connectivity index (χ3v) is 4.13. The minimum Gasteiger partial charge on any atom is -0.398 e. The van der Waals surface area contributed by atoms with E-state index in [0.29, 0.717) is 17.2 Å². The minimum absolute atomic E-state index is 0.00905. The van der Waals surface area contributed by atoms with Gasteiger partial charge < -0.3 is 11.1 Å². The predicted molar refractivity (Wildman–Crippen MR) is 79.2 cm³/mol. The van der Waals surface area contributed by atoms with Gasteiger partial charge in [-0.05, 0) is 49.8 Å². The van der Waals surface area contributed by atoms with Crippen LogP contribution in [0.3, 0.4) is 0 Å².